The number of nitrogens with zero attached hydrogens (tertiary/aromatic N) is 2. The van der Waals surface area contributed by atoms with Gasteiger partial charge < -0.3 is 0 Å². The molecule has 0 radical (unpaired) electrons. The first-order valence-corrected chi connectivity index (χ1v) is 9.03. The van der Waals surface area contributed by atoms with Crippen molar-refractivity contribution in [3.8, 4) is 0 Å². The van der Waals surface area contributed by atoms with Crippen LogP contribution < -0.4 is 4.72 Å². The van der Waals surface area contributed by atoms with Gasteiger partial charge in [0.2, 0.25) is 10.0 Å². The Morgan fingerprint density at radius 2 is 2.14 bits per heavy atom. The van der Waals surface area contributed by atoms with Crippen molar-refractivity contribution in [2.75, 3.05) is 16.4 Å². The molecule has 1 heterocycles. The van der Waals surface area contributed by atoms with E-state index in [9.17, 15) is 18.5 Å². The number of unbranched alkanes of at least 4 members (excludes halogenated alkanes) is 1. The molecule has 0 aliphatic rings. The molecular weight excluding hydrogens is 338 g/mol. The molecule has 2 aromatic rings. The van der Waals surface area contributed by atoms with Gasteiger partial charge in [0, 0.05) is 18.0 Å². The Kier molecular flexibility index (Phi) is 4.96. The predicted octanol–water partition coefficient (Wildman–Crippen LogP) is 2.97. The number of hydrogen-bond donors (Lipinski definition) is 1. The van der Waals surface area contributed by atoms with Crippen molar-refractivity contribution < 1.29 is 13.3 Å². The minimum absolute atomic E-state index is 0.0320. The fraction of sp³-hybridized carbons (Fsp3) is 0.364. The highest BCUT2D eigenvalue weighted by atomic mass is 35.5. The fourth-order valence-corrected chi connectivity index (χ4v) is 4.13. The molecule has 0 aliphatic carbocycles. The maximum Gasteiger partial charge on any atom is 0.270 e. The predicted molar refractivity (Wildman–Crippen MR) is 83.6 cm³/mol. The SMILES string of the molecule is O=[N+]([O-])c1ccc2nc(NS(=O)(=O)CCCCCl)sc2c1. The van der Waals surface area contributed by atoms with E-state index >= 15 is 0 Å². The van der Waals surface area contributed by atoms with Crippen LogP contribution in [0, 0.1) is 10.1 Å². The molecule has 0 unspecified atom stereocenters. The lowest BCUT2D eigenvalue weighted by molar-refractivity contribution is -0.384. The monoisotopic (exact) mass is 349 g/mol. The average Bonchev–Trinajstić information content (AvgIpc) is 2.78. The van der Waals surface area contributed by atoms with Crippen molar-refractivity contribution in [1.82, 2.24) is 4.98 Å². The van der Waals surface area contributed by atoms with Crippen molar-refractivity contribution in [3.63, 3.8) is 0 Å². The molecule has 0 saturated carbocycles. The van der Waals surface area contributed by atoms with Crippen LogP contribution in [0.25, 0.3) is 10.2 Å². The van der Waals surface area contributed by atoms with Gasteiger partial charge in [0.05, 0.1) is 20.9 Å². The van der Waals surface area contributed by atoms with Gasteiger partial charge in [-0.25, -0.2) is 13.4 Å². The second kappa shape index (κ2) is 6.54. The summed E-state index contributed by atoms with van der Waals surface area (Å²) in [5.41, 5.74) is 0.465. The summed E-state index contributed by atoms with van der Waals surface area (Å²) < 4.78 is 26.6. The van der Waals surface area contributed by atoms with E-state index < -0.39 is 14.9 Å². The maximum absolute atomic E-state index is 11.8. The normalized spacial score (nSPS) is 11.7. The molecule has 1 N–H and O–H groups in total. The minimum Gasteiger partial charge on any atom is -0.259 e. The number of nitrogens with one attached hydrogen (secondary N) is 1. The van der Waals surface area contributed by atoms with Crippen LogP contribution in [0.5, 0.6) is 0 Å². The van der Waals surface area contributed by atoms with E-state index in [0.717, 1.165) is 11.3 Å². The molecule has 0 atom stereocenters. The van der Waals surface area contributed by atoms with Crippen LogP contribution in [-0.4, -0.2) is 30.0 Å². The number of fused-ring (bicyclic) bond motifs is 1. The lowest BCUT2D eigenvalue weighted by Gasteiger charge is -2.03. The average molecular weight is 350 g/mol. The van der Waals surface area contributed by atoms with E-state index in [1.54, 1.807) is 0 Å². The molecule has 0 bridgehead atoms. The highest BCUT2D eigenvalue weighted by Crippen LogP contribution is 2.29. The first kappa shape index (κ1) is 15.9. The van der Waals surface area contributed by atoms with Crippen LogP contribution in [0.15, 0.2) is 18.2 Å². The standard InChI is InChI=1S/C11H12ClN3O4S2/c12-5-1-2-6-21(18,19)14-11-13-9-4-3-8(15(16)17)7-10(9)20-11/h3-4,7H,1-2,5-6H2,(H,13,14). The first-order chi connectivity index (χ1) is 9.91. The Balaban J connectivity index is 2.17. The van der Waals surface area contributed by atoms with Gasteiger partial charge in [-0.1, -0.05) is 11.3 Å². The third-order valence-electron chi connectivity index (χ3n) is 2.62. The van der Waals surface area contributed by atoms with Gasteiger partial charge in [0.25, 0.3) is 5.69 Å². The fourth-order valence-electron chi connectivity index (χ4n) is 1.64. The zero-order chi connectivity index (χ0) is 15.5. The topological polar surface area (TPSA) is 102 Å². The summed E-state index contributed by atoms with van der Waals surface area (Å²) in [5.74, 6) is 0.385. The maximum atomic E-state index is 11.8. The lowest BCUT2D eigenvalue weighted by Crippen LogP contribution is -2.16. The molecule has 7 nitrogen and oxygen atoms in total. The summed E-state index contributed by atoms with van der Waals surface area (Å²) in [7, 11) is -3.48. The quantitative estimate of drug-likeness (QED) is 0.358. The van der Waals surface area contributed by atoms with Gasteiger partial charge in [0.1, 0.15) is 0 Å². The van der Waals surface area contributed by atoms with Crippen LogP contribution >= 0.6 is 22.9 Å². The van der Waals surface area contributed by atoms with E-state index in [0.29, 0.717) is 28.9 Å². The Bertz CT molecular complexity index is 760. The van der Waals surface area contributed by atoms with Crippen LogP contribution in [0.3, 0.4) is 0 Å². The number of thiazole rings is 1. The van der Waals surface area contributed by atoms with Gasteiger partial charge in [-0.15, -0.1) is 11.6 Å². The van der Waals surface area contributed by atoms with E-state index in [2.05, 4.69) is 9.71 Å². The minimum atomic E-state index is -3.48. The number of rotatable bonds is 7. The molecule has 2 rings (SSSR count). The summed E-state index contributed by atoms with van der Waals surface area (Å²) in [6.45, 7) is 0. The molecule has 0 fully saturated rings. The highest BCUT2D eigenvalue weighted by molar-refractivity contribution is 7.92. The number of sulfonamides is 1. The van der Waals surface area contributed by atoms with Gasteiger partial charge in [-0.3, -0.25) is 14.8 Å². The summed E-state index contributed by atoms with van der Waals surface area (Å²) >= 11 is 6.57. The molecule has 114 valence electrons. The van der Waals surface area contributed by atoms with Crippen molar-refractivity contribution >= 4 is 54.0 Å². The number of nitro benzene ring substituents is 1. The molecule has 1 aromatic heterocycles. The number of non-ortho nitro benzene ring substituents is 1. The molecule has 0 saturated heterocycles. The smallest absolute Gasteiger partial charge is 0.259 e. The Morgan fingerprint density at radius 1 is 1.38 bits per heavy atom. The largest absolute Gasteiger partial charge is 0.270 e. The van der Waals surface area contributed by atoms with Crippen molar-refractivity contribution in [2.45, 2.75) is 12.8 Å². The third kappa shape index (κ3) is 4.26. The number of benzene rings is 1. The summed E-state index contributed by atoms with van der Waals surface area (Å²) in [5, 5.41) is 10.9. The van der Waals surface area contributed by atoms with E-state index in [-0.39, 0.29) is 16.6 Å². The highest BCUT2D eigenvalue weighted by Gasteiger charge is 2.15. The van der Waals surface area contributed by atoms with Gasteiger partial charge in [0.15, 0.2) is 5.13 Å². The molecular formula is C11H12ClN3O4S2. The number of anilines is 1. The lowest BCUT2D eigenvalue weighted by atomic mass is 10.3. The summed E-state index contributed by atoms with van der Waals surface area (Å²) in [4.78, 5) is 14.3. The Morgan fingerprint density at radius 3 is 2.81 bits per heavy atom. The van der Waals surface area contributed by atoms with Crippen LogP contribution in [0.1, 0.15) is 12.8 Å². The Labute approximate surface area is 130 Å². The molecule has 21 heavy (non-hydrogen) atoms. The van der Waals surface area contributed by atoms with Crippen molar-refractivity contribution in [1.29, 1.82) is 0 Å². The summed E-state index contributed by atoms with van der Waals surface area (Å²) in [6.07, 6.45) is 1.09. The zero-order valence-electron chi connectivity index (χ0n) is 10.8. The number of aromatic nitrogens is 1. The van der Waals surface area contributed by atoms with Crippen LogP contribution in [0.2, 0.25) is 0 Å². The molecule has 0 aliphatic heterocycles. The van der Waals surface area contributed by atoms with E-state index in [1.165, 1.54) is 18.2 Å². The third-order valence-corrected chi connectivity index (χ3v) is 5.28. The number of hydrogen-bond acceptors (Lipinski definition) is 6. The zero-order valence-corrected chi connectivity index (χ0v) is 13.2. The molecule has 0 amide bonds. The number of alkyl halides is 1. The van der Waals surface area contributed by atoms with E-state index in [1.807, 2.05) is 0 Å². The van der Waals surface area contributed by atoms with E-state index in [4.69, 9.17) is 11.6 Å². The first-order valence-electron chi connectivity index (χ1n) is 6.03. The van der Waals surface area contributed by atoms with Crippen LogP contribution in [0.4, 0.5) is 10.8 Å². The van der Waals surface area contributed by atoms with Gasteiger partial charge in [-0.05, 0) is 18.9 Å². The molecule has 1 aromatic carbocycles. The van der Waals surface area contributed by atoms with Crippen molar-refractivity contribution in [2.24, 2.45) is 0 Å². The van der Waals surface area contributed by atoms with Gasteiger partial charge >= 0.3 is 0 Å². The van der Waals surface area contributed by atoms with Gasteiger partial charge in [-0.2, -0.15) is 0 Å². The number of nitro groups is 1. The van der Waals surface area contributed by atoms with Crippen molar-refractivity contribution in [3.05, 3.63) is 28.3 Å². The second-order valence-electron chi connectivity index (χ2n) is 4.25. The second-order valence-corrected chi connectivity index (χ2v) is 7.50. The molecule has 0 spiro atoms. The Hall–Kier alpha value is -1.45. The number of halogens is 1. The van der Waals surface area contributed by atoms with Crippen LogP contribution in [-0.2, 0) is 10.0 Å². The summed E-state index contributed by atoms with van der Waals surface area (Å²) in [6, 6.07) is 4.20. The molecule has 10 heteroatoms.